The lowest BCUT2D eigenvalue weighted by Gasteiger charge is -2.28. The maximum Gasteiger partial charge on any atom is 0.342 e. The van der Waals surface area contributed by atoms with E-state index in [0.717, 1.165) is 11.8 Å². The quantitative estimate of drug-likeness (QED) is 0.134. The predicted octanol–water partition coefficient (Wildman–Crippen LogP) is -1.52. The van der Waals surface area contributed by atoms with Crippen LogP contribution >= 0.6 is 37.0 Å². The molecule has 0 saturated heterocycles. The molecule has 126 valence electrons. The van der Waals surface area contributed by atoms with Crippen LogP contribution < -0.4 is 0 Å². The summed E-state index contributed by atoms with van der Waals surface area (Å²) in [6, 6.07) is 0. The molecule has 0 saturated carbocycles. The molecule has 0 bridgehead atoms. The molecule has 10 heteroatoms. The van der Waals surface area contributed by atoms with Crippen molar-refractivity contribution in [3.8, 4) is 0 Å². The van der Waals surface area contributed by atoms with E-state index in [-0.39, 0.29) is 38.6 Å². The van der Waals surface area contributed by atoms with Gasteiger partial charge in [0.25, 0.3) is 0 Å². The molecule has 7 nitrogen and oxygen atoms in total. The lowest BCUT2D eigenvalue weighted by atomic mass is 9.88. The predicted molar refractivity (Wildman–Crippen MR) is 85.5 cm³/mol. The topological polar surface area (TPSA) is 127 Å². The molecule has 0 aliphatic rings. The number of ether oxygens (including phenoxy) is 1. The molecule has 0 aromatic carbocycles. The highest BCUT2D eigenvalue weighted by atomic mass is 32.2. The van der Waals surface area contributed by atoms with Crippen LogP contribution in [0.5, 0.6) is 0 Å². The van der Waals surface area contributed by atoms with Crippen molar-refractivity contribution in [2.75, 3.05) is 38.8 Å². The standard InChI is InChI=1S/C11H22O7S3/c12-3-8(16)4-18-9(17)11(19,20)21-2-1-10(5-13,6-14)7-15/h8,12-16,19-20H,1-7H2. The zero-order valence-corrected chi connectivity index (χ0v) is 14.0. The van der Waals surface area contributed by atoms with Crippen molar-refractivity contribution >= 4 is 43.0 Å². The first kappa shape index (κ1) is 21.3. The fourth-order valence-electron chi connectivity index (χ4n) is 1.17. The molecule has 0 heterocycles. The normalized spacial score (nSPS) is 14.0. The van der Waals surface area contributed by atoms with Gasteiger partial charge in [-0.1, -0.05) is 0 Å². The Hall–Kier alpha value is 0.320. The smallest absolute Gasteiger partial charge is 0.342 e. The average Bonchev–Trinajstić information content (AvgIpc) is 2.49. The third-order valence-electron chi connectivity index (χ3n) is 2.83. The number of hydrogen-bond donors (Lipinski definition) is 7. The summed E-state index contributed by atoms with van der Waals surface area (Å²) in [6.07, 6.45) is -0.918. The number of aliphatic hydroxyl groups excluding tert-OH is 5. The highest BCUT2D eigenvalue weighted by molar-refractivity contribution is 8.25. The molecule has 0 rings (SSSR count). The molecular weight excluding hydrogens is 340 g/mol. The van der Waals surface area contributed by atoms with Crippen molar-refractivity contribution in [2.45, 2.75) is 15.9 Å². The van der Waals surface area contributed by atoms with Crippen LogP contribution in [0.2, 0.25) is 0 Å². The van der Waals surface area contributed by atoms with Gasteiger partial charge in [0, 0.05) is 5.41 Å². The molecule has 0 spiro atoms. The highest BCUT2D eigenvalue weighted by Crippen LogP contribution is 2.37. The van der Waals surface area contributed by atoms with E-state index in [0.29, 0.717) is 0 Å². The Morgan fingerprint density at radius 1 is 1.14 bits per heavy atom. The fraction of sp³-hybridized carbons (Fsp3) is 0.909. The van der Waals surface area contributed by atoms with Gasteiger partial charge in [-0.25, -0.2) is 4.79 Å². The number of carbonyl (C=O) groups is 1. The minimum atomic E-state index is -1.48. The molecule has 1 atom stereocenters. The monoisotopic (exact) mass is 362 g/mol. The maximum absolute atomic E-state index is 11.7. The van der Waals surface area contributed by atoms with E-state index in [1.165, 1.54) is 0 Å². The summed E-state index contributed by atoms with van der Waals surface area (Å²) in [5.41, 5.74) is -1.03. The summed E-state index contributed by atoms with van der Waals surface area (Å²) in [6.45, 7) is -2.06. The third-order valence-corrected chi connectivity index (χ3v) is 4.94. The minimum Gasteiger partial charge on any atom is -0.461 e. The van der Waals surface area contributed by atoms with Crippen LogP contribution in [0, 0.1) is 5.41 Å². The number of carbonyl (C=O) groups excluding carboxylic acids is 1. The molecule has 0 aliphatic carbocycles. The molecule has 5 N–H and O–H groups in total. The lowest BCUT2D eigenvalue weighted by Crippen LogP contribution is -2.35. The van der Waals surface area contributed by atoms with Gasteiger partial charge in [0.1, 0.15) is 12.7 Å². The van der Waals surface area contributed by atoms with Crippen molar-refractivity contribution in [2.24, 2.45) is 5.41 Å². The van der Waals surface area contributed by atoms with Crippen LogP contribution in [-0.2, 0) is 9.53 Å². The van der Waals surface area contributed by atoms with Crippen molar-refractivity contribution in [1.29, 1.82) is 0 Å². The van der Waals surface area contributed by atoms with Crippen LogP contribution in [0.1, 0.15) is 6.42 Å². The highest BCUT2D eigenvalue weighted by Gasteiger charge is 2.35. The molecule has 1 unspecified atom stereocenters. The van der Waals surface area contributed by atoms with Crippen LogP contribution in [0.25, 0.3) is 0 Å². The number of rotatable bonds is 11. The van der Waals surface area contributed by atoms with E-state index in [1.807, 2.05) is 0 Å². The Kier molecular flexibility index (Phi) is 10.3. The number of thiol groups is 2. The van der Waals surface area contributed by atoms with E-state index in [4.69, 9.17) is 14.9 Å². The van der Waals surface area contributed by atoms with Crippen molar-refractivity contribution in [3.63, 3.8) is 0 Å². The lowest BCUT2D eigenvalue weighted by molar-refractivity contribution is -0.145. The molecule has 0 amide bonds. The first-order valence-electron chi connectivity index (χ1n) is 6.14. The van der Waals surface area contributed by atoms with Crippen LogP contribution in [0.3, 0.4) is 0 Å². The Labute approximate surface area is 138 Å². The number of esters is 1. The molecule has 0 radical (unpaired) electrons. The SMILES string of the molecule is O=C(OCC(O)CO)C(S)(S)SCCC(CO)(CO)CO. The third kappa shape index (κ3) is 7.42. The van der Waals surface area contributed by atoms with Crippen molar-refractivity contribution in [3.05, 3.63) is 0 Å². The van der Waals surface area contributed by atoms with Crippen LogP contribution in [0.15, 0.2) is 0 Å². The van der Waals surface area contributed by atoms with Crippen LogP contribution in [-0.4, -0.2) is 79.8 Å². The number of aliphatic hydroxyl groups is 5. The van der Waals surface area contributed by atoms with E-state index < -0.39 is 27.5 Å². The minimum absolute atomic E-state index is 0.247. The van der Waals surface area contributed by atoms with Crippen molar-refractivity contribution in [1.82, 2.24) is 0 Å². The molecule has 21 heavy (non-hydrogen) atoms. The Morgan fingerprint density at radius 3 is 2.10 bits per heavy atom. The van der Waals surface area contributed by atoms with E-state index in [2.05, 4.69) is 25.3 Å². The van der Waals surface area contributed by atoms with E-state index in [1.54, 1.807) is 0 Å². The second-order valence-corrected chi connectivity index (χ2v) is 8.22. The maximum atomic E-state index is 11.7. The number of hydrogen-bond acceptors (Lipinski definition) is 10. The Balaban J connectivity index is 4.31. The average molecular weight is 362 g/mol. The van der Waals surface area contributed by atoms with Gasteiger partial charge in [-0.05, 0) is 12.2 Å². The van der Waals surface area contributed by atoms with Gasteiger partial charge in [-0.15, -0.1) is 37.0 Å². The summed E-state index contributed by atoms with van der Waals surface area (Å²) in [5.74, 6) is -0.513. The van der Waals surface area contributed by atoms with Gasteiger partial charge < -0.3 is 30.3 Å². The van der Waals surface area contributed by atoms with Gasteiger partial charge in [-0.2, -0.15) is 0 Å². The molecule has 0 aromatic rings. The first-order chi connectivity index (χ1) is 9.76. The van der Waals surface area contributed by atoms with Gasteiger partial charge >= 0.3 is 5.97 Å². The summed E-state index contributed by atoms with van der Waals surface area (Å²) < 4.78 is 3.27. The second-order valence-electron chi connectivity index (χ2n) is 4.62. The van der Waals surface area contributed by atoms with Gasteiger partial charge in [-0.3, -0.25) is 0 Å². The van der Waals surface area contributed by atoms with Gasteiger partial charge in [0.2, 0.25) is 0 Å². The molecular formula is C11H22O7S3. The molecule has 0 aromatic heterocycles. The summed E-state index contributed by atoms with van der Waals surface area (Å²) in [5, 5.41) is 45.2. The fourth-order valence-corrected chi connectivity index (χ4v) is 2.85. The Bertz CT molecular complexity index is 302. The Morgan fingerprint density at radius 2 is 1.67 bits per heavy atom. The van der Waals surface area contributed by atoms with E-state index in [9.17, 15) is 20.1 Å². The summed E-state index contributed by atoms with van der Waals surface area (Å²) in [4.78, 5) is 11.7. The largest absolute Gasteiger partial charge is 0.461 e. The molecule has 0 aliphatic heterocycles. The molecule has 0 fully saturated rings. The number of thioether (sulfide) groups is 1. The van der Waals surface area contributed by atoms with Crippen LogP contribution in [0.4, 0.5) is 0 Å². The summed E-state index contributed by atoms with van der Waals surface area (Å²) in [7, 11) is 0. The zero-order valence-electron chi connectivity index (χ0n) is 11.4. The zero-order chi connectivity index (χ0) is 16.5. The van der Waals surface area contributed by atoms with Gasteiger partial charge in [0.05, 0.1) is 26.4 Å². The second kappa shape index (κ2) is 10.2. The van der Waals surface area contributed by atoms with E-state index >= 15 is 0 Å². The first-order valence-corrected chi connectivity index (χ1v) is 8.02. The van der Waals surface area contributed by atoms with Crippen molar-refractivity contribution < 1.29 is 35.1 Å². The summed E-state index contributed by atoms with van der Waals surface area (Å²) >= 11 is 9.10. The van der Waals surface area contributed by atoms with Gasteiger partial charge in [0.15, 0.2) is 3.41 Å².